The maximum absolute atomic E-state index is 5.47. The lowest BCUT2D eigenvalue weighted by Gasteiger charge is -2.23. The summed E-state index contributed by atoms with van der Waals surface area (Å²) in [5.74, 6) is 0.939. The minimum atomic E-state index is 0.239. The SMILES string of the molecule is CCC(NC(C)c1nc(C)cs1)c1ccccc1OC. The van der Waals surface area contributed by atoms with Crippen LogP contribution in [0, 0.1) is 6.92 Å². The Labute approximate surface area is 125 Å². The lowest BCUT2D eigenvalue weighted by Crippen LogP contribution is -2.24. The third-order valence-electron chi connectivity index (χ3n) is 3.38. The molecule has 0 radical (unpaired) electrons. The number of hydrogen-bond acceptors (Lipinski definition) is 4. The molecule has 3 nitrogen and oxygen atoms in total. The summed E-state index contributed by atoms with van der Waals surface area (Å²) in [5.41, 5.74) is 2.29. The smallest absolute Gasteiger partial charge is 0.123 e. The van der Waals surface area contributed by atoms with E-state index in [9.17, 15) is 0 Å². The minimum absolute atomic E-state index is 0.239. The number of methoxy groups -OCH3 is 1. The fourth-order valence-electron chi connectivity index (χ4n) is 2.33. The van der Waals surface area contributed by atoms with Crippen LogP contribution in [0.5, 0.6) is 5.75 Å². The molecule has 1 aromatic heterocycles. The topological polar surface area (TPSA) is 34.2 Å². The zero-order valence-corrected chi connectivity index (χ0v) is 13.3. The van der Waals surface area contributed by atoms with Crippen LogP contribution in [0.3, 0.4) is 0 Å². The Morgan fingerprint density at radius 1 is 1.35 bits per heavy atom. The van der Waals surface area contributed by atoms with Gasteiger partial charge in [-0.15, -0.1) is 11.3 Å². The molecule has 108 valence electrons. The van der Waals surface area contributed by atoms with Gasteiger partial charge in [-0.1, -0.05) is 25.1 Å². The molecular weight excluding hydrogens is 268 g/mol. The highest BCUT2D eigenvalue weighted by Gasteiger charge is 2.18. The highest BCUT2D eigenvalue weighted by molar-refractivity contribution is 7.09. The van der Waals surface area contributed by atoms with Gasteiger partial charge in [0, 0.05) is 22.7 Å². The van der Waals surface area contributed by atoms with E-state index in [2.05, 4.69) is 41.7 Å². The van der Waals surface area contributed by atoms with Gasteiger partial charge in [-0.05, 0) is 26.3 Å². The molecule has 0 saturated heterocycles. The number of nitrogens with one attached hydrogen (secondary N) is 1. The van der Waals surface area contributed by atoms with E-state index in [0.29, 0.717) is 0 Å². The molecule has 0 amide bonds. The van der Waals surface area contributed by atoms with Crippen molar-refractivity contribution in [2.24, 2.45) is 0 Å². The van der Waals surface area contributed by atoms with Crippen LogP contribution >= 0.6 is 11.3 Å². The van der Waals surface area contributed by atoms with Crippen molar-refractivity contribution in [1.29, 1.82) is 0 Å². The van der Waals surface area contributed by atoms with Crippen LogP contribution in [0.1, 0.15) is 48.6 Å². The van der Waals surface area contributed by atoms with Gasteiger partial charge in [-0.3, -0.25) is 0 Å². The van der Waals surface area contributed by atoms with Gasteiger partial charge < -0.3 is 10.1 Å². The number of nitrogens with zero attached hydrogens (tertiary/aromatic N) is 1. The quantitative estimate of drug-likeness (QED) is 0.863. The number of benzene rings is 1. The molecule has 0 saturated carbocycles. The molecule has 0 bridgehead atoms. The number of aryl methyl sites for hydroxylation is 1. The summed E-state index contributed by atoms with van der Waals surface area (Å²) in [6.07, 6.45) is 1.01. The van der Waals surface area contributed by atoms with Gasteiger partial charge >= 0.3 is 0 Å². The average Bonchev–Trinajstić information content (AvgIpc) is 2.91. The maximum Gasteiger partial charge on any atom is 0.123 e. The highest BCUT2D eigenvalue weighted by Crippen LogP contribution is 2.29. The van der Waals surface area contributed by atoms with Crippen LogP contribution in [0.15, 0.2) is 29.6 Å². The summed E-state index contributed by atoms with van der Waals surface area (Å²) in [6, 6.07) is 8.70. The molecule has 0 aliphatic rings. The first kappa shape index (κ1) is 15.0. The van der Waals surface area contributed by atoms with E-state index in [1.165, 1.54) is 5.56 Å². The summed E-state index contributed by atoms with van der Waals surface area (Å²) in [4.78, 5) is 4.56. The fourth-order valence-corrected chi connectivity index (χ4v) is 3.14. The van der Waals surface area contributed by atoms with Crippen LogP contribution in [-0.2, 0) is 0 Å². The molecule has 1 N–H and O–H groups in total. The molecule has 20 heavy (non-hydrogen) atoms. The number of para-hydroxylation sites is 1. The van der Waals surface area contributed by atoms with Crippen molar-refractivity contribution in [3.63, 3.8) is 0 Å². The third kappa shape index (κ3) is 3.38. The standard InChI is InChI=1S/C16H22N2OS/c1-5-14(13-8-6-7-9-15(13)19-4)18-12(3)16-17-11(2)10-20-16/h6-10,12,14,18H,5H2,1-4H3. The molecule has 1 heterocycles. The zero-order valence-electron chi connectivity index (χ0n) is 12.5. The summed E-state index contributed by atoms with van der Waals surface area (Å²) in [6.45, 7) is 6.38. The summed E-state index contributed by atoms with van der Waals surface area (Å²) in [5, 5.41) is 6.89. The average molecular weight is 290 g/mol. The zero-order chi connectivity index (χ0) is 14.5. The number of rotatable bonds is 6. The number of thiazole rings is 1. The van der Waals surface area contributed by atoms with Crippen molar-refractivity contribution in [1.82, 2.24) is 10.3 Å². The van der Waals surface area contributed by atoms with Crippen LogP contribution in [-0.4, -0.2) is 12.1 Å². The first-order valence-corrected chi connectivity index (χ1v) is 7.84. The van der Waals surface area contributed by atoms with E-state index < -0.39 is 0 Å². The van der Waals surface area contributed by atoms with Crippen molar-refractivity contribution >= 4 is 11.3 Å². The van der Waals surface area contributed by atoms with Crippen LogP contribution in [0.4, 0.5) is 0 Å². The van der Waals surface area contributed by atoms with Crippen molar-refractivity contribution in [3.8, 4) is 5.75 Å². The van der Waals surface area contributed by atoms with Crippen molar-refractivity contribution in [2.75, 3.05) is 7.11 Å². The van der Waals surface area contributed by atoms with Crippen LogP contribution in [0.25, 0.3) is 0 Å². The van der Waals surface area contributed by atoms with Crippen molar-refractivity contribution < 1.29 is 4.74 Å². The van der Waals surface area contributed by atoms with E-state index in [1.807, 2.05) is 19.1 Å². The Bertz CT molecular complexity index is 553. The van der Waals surface area contributed by atoms with Crippen LogP contribution < -0.4 is 10.1 Å². The molecule has 2 rings (SSSR count). The Morgan fingerprint density at radius 2 is 2.10 bits per heavy atom. The largest absolute Gasteiger partial charge is 0.496 e. The van der Waals surface area contributed by atoms with Gasteiger partial charge in [0.05, 0.1) is 13.2 Å². The predicted octanol–water partition coefficient (Wildman–Crippen LogP) is 4.26. The van der Waals surface area contributed by atoms with Crippen molar-refractivity contribution in [2.45, 2.75) is 39.3 Å². The monoisotopic (exact) mass is 290 g/mol. The molecule has 2 unspecified atom stereocenters. The molecule has 4 heteroatoms. The molecule has 2 atom stereocenters. The Morgan fingerprint density at radius 3 is 2.70 bits per heavy atom. The molecule has 0 aliphatic carbocycles. The molecule has 0 aliphatic heterocycles. The van der Waals surface area contributed by atoms with E-state index in [0.717, 1.165) is 22.9 Å². The van der Waals surface area contributed by atoms with Crippen molar-refractivity contribution in [3.05, 3.63) is 45.9 Å². The van der Waals surface area contributed by atoms with E-state index in [4.69, 9.17) is 4.74 Å². The second-order valence-electron chi connectivity index (χ2n) is 4.92. The van der Waals surface area contributed by atoms with Gasteiger partial charge in [-0.25, -0.2) is 4.98 Å². The maximum atomic E-state index is 5.47. The number of ether oxygens (including phenoxy) is 1. The number of aromatic nitrogens is 1. The second-order valence-corrected chi connectivity index (χ2v) is 5.81. The van der Waals surface area contributed by atoms with Gasteiger partial charge in [0.25, 0.3) is 0 Å². The summed E-state index contributed by atoms with van der Waals surface area (Å²) < 4.78 is 5.47. The van der Waals surface area contributed by atoms with E-state index >= 15 is 0 Å². The normalized spacial score (nSPS) is 14.0. The van der Waals surface area contributed by atoms with Crippen LogP contribution in [0.2, 0.25) is 0 Å². The van der Waals surface area contributed by atoms with Gasteiger partial charge in [0.2, 0.25) is 0 Å². The van der Waals surface area contributed by atoms with Gasteiger partial charge in [0.15, 0.2) is 0 Å². The second kappa shape index (κ2) is 6.86. The first-order valence-electron chi connectivity index (χ1n) is 6.96. The molecule has 0 fully saturated rings. The third-order valence-corrected chi connectivity index (χ3v) is 4.53. The highest BCUT2D eigenvalue weighted by atomic mass is 32.1. The molecule has 0 spiro atoms. The van der Waals surface area contributed by atoms with Gasteiger partial charge in [0.1, 0.15) is 10.8 Å². The van der Waals surface area contributed by atoms with E-state index in [1.54, 1.807) is 18.4 Å². The lowest BCUT2D eigenvalue weighted by atomic mass is 10.0. The minimum Gasteiger partial charge on any atom is -0.496 e. The Hall–Kier alpha value is -1.39. The Balaban J connectivity index is 2.16. The lowest BCUT2D eigenvalue weighted by molar-refractivity contribution is 0.388. The molecular formula is C16H22N2OS. The summed E-state index contributed by atoms with van der Waals surface area (Å²) in [7, 11) is 1.72. The summed E-state index contributed by atoms with van der Waals surface area (Å²) >= 11 is 1.71. The molecule has 2 aromatic rings. The fraction of sp³-hybridized carbons (Fsp3) is 0.438. The molecule has 1 aromatic carbocycles. The van der Waals surface area contributed by atoms with Gasteiger partial charge in [-0.2, -0.15) is 0 Å². The first-order chi connectivity index (χ1) is 9.65. The van der Waals surface area contributed by atoms with E-state index in [-0.39, 0.29) is 12.1 Å². The predicted molar refractivity (Wildman–Crippen MR) is 84.4 cm³/mol. The Kier molecular flexibility index (Phi) is 5.15. The number of hydrogen-bond donors (Lipinski definition) is 1.